The fourth-order valence-corrected chi connectivity index (χ4v) is 1.37. The maximum Gasteiger partial charge on any atom is 0.121 e. The van der Waals surface area contributed by atoms with Crippen LogP contribution in [0.15, 0.2) is 35.6 Å². The standard InChI is InChI=1S/C10H10N4O/c11-14-13-5-6-15-9-2-1-8-3-4-12-10(8)7-9/h1-4,7,12H,5-6H2. The molecule has 1 N–H and O–H groups in total. The first-order valence-corrected chi connectivity index (χ1v) is 4.61. The van der Waals surface area contributed by atoms with Crippen LogP contribution in [0.4, 0.5) is 0 Å². The first-order chi connectivity index (χ1) is 7.40. The van der Waals surface area contributed by atoms with Crippen molar-refractivity contribution < 1.29 is 4.74 Å². The number of nitrogens with one attached hydrogen (secondary N) is 1. The number of hydrogen-bond donors (Lipinski definition) is 1. The van der Waals surface area contributed by atoms with E-state index in [0.717, 1.165) is 16.7 Å². The summed E-state index contributed by atoms with van der Waals surface area (Å²) in [6, 6.07) is 7.80. The Kier molecular flexibility index (Phi) is 2.76. The van der Waals surface area contributed by atoms with Gasteiger partial charge in [-0.1, -0.05) is 5.11 Å². The number of nitrogens with zero attached hydrogens (tertiary/aromatic N) is 3. The molecule has 0 atom stereocenters. The van der Waals surface area contributed by atoms with E-state index in [2.05, 4.69) is 15.0 Å². The summed E-state index contributed by atoms with van der Waals surface area (Å²) in [5, 5.41) is 4.54. The molecule has 15 heavy (non-hydrogen) atoms. The minimum atomic E-state index is 0.346. The summed E-state index contributed by atoms with van der Waals surface area (Å²) in [4.78, 5) is 5.75. The van der Waals surface area contributed by atoms with Crippen LogP contribution in [0.5, 0.6) is 5.75 Å². The molecule has 0 spiro atoms. The van der Waals surface area contributed by atoms with Crippen LogP contribution in [0.1, 0.15) is 0 Å². The molecule has 2 rings (SSSR count). The lowest BCUT2D eigenvalue weighted by Crippen LogP contribution is -1.99. The topological polar surface area (TPSA) is 73.8 Å². The normalized spacial score (nSPS) is 9.87. The lowest BCUT2D eigenvalue weighted by molar-refractivity contribution is 0.328. The number of aromatic nitrogens is 1. The molecule has 2 aromatic rings. The molecule has 0 amide bonds. The second kappa shape index (κ2) is 4.39. The van der Waals surface area contributed by atoms with Crippen LogP contribution in [0.25, 0.3) is 21.3 Å². The summed E-state index contributed by atoms with van der Waals surface area (Å²) in [6.07, 6.45) is 1.88. The molecule has 1 aromatic carbocycles. The van der Waals surface area contributed by atoms with Crippen molar-refractivity contribution in [2.45, 2.75) is 0 Å². The van der Waals surface area contributed by atoms with Gasteiger partial charge in [0.05, 0.1) is 13.2 Å². The van der Waals surface area contributed by atoms with Crippen LogP contribution < -0.4 is 4.74 Å². The van der Waals surface area contributed by atoms with E-state index < -0.39 is 0 Å². The van der Waals surface area contributed by atoms with Crippen molar-refractivity contribution in [3.63, 3.8) is 0 Å². The Hall–Kier alpha value is -2.13. The highest BCUT2D eigenvalue weighted by atomic mass is 16.5. The van der Waals surface area contributed by atoms with Gasteiger partial charge in [-0.05, 0) is 29.1 Å². The summed E-state index contributed by atoms with van der Waals surface area (Å²) in [5.74, 6) is 0.776. The van der Waals surface area contributed by atoms with Gasteiger partial charge in [0.1, 0.15) is 5.75 Å². The van der Waals surface area contributed by atoms with Crippen molar-refractivity contribution in [2.24, 2.45) is 5.11 Å². The average Bonchev–Trinajstić information content (AvgIpc) is 2.71. The molecule has 0 fully saturated rings. The third kappa shape index (κ3) is 2.21. The first-order valence-electron chi connectivity index (χ1n) is 4.61. The molecule has 0 aliphatic carbocycles. The van der Waals surface area contributed by atoms with Gasteiger partial charge in [0.15, 0.2) is 0 Å². The average molecular weight is 202 g/mol. The van der Waals surface area contributed by atoms with E-state index in [1.54, 1.807) is 0 Å². The van der Waals surface area contributed by atoms with Gasteiger partial charge in [-0.25, -0.2) is 0 Å². The minimum Gasteiger partial charge on any atom is -0.493 e. The zero-order chi connectivity index (χ0) is 10.5. The minimum absolute atomic E-state index is 0.346. The maximum atomic E-state index is 8.07. The number of azide groups is 1. The number of benzene rings is 1. The van der Waals surface area contributed by atoms with Gasteiger partial charge in [0.25, 0.3) is 0 Å². The monoisotopic (exact) mass is 202 g/mol. The van der Waals surface area contributed by atoms with Crippen LogP contribution in [0.3, 0.4) is 0 Å². The molecule has 0 aliphatic rings. The van der Waals surface area contributed by atoms with E-state index in [-0.39, 0.29) is 0 Å². The number of H-pyrrole nitrogens is 1. The molecule has 0 bridgehead atoms. The molecule has 0 unspecified atom stereocenters. The Morgan fingerprint density at radius 3 is 3.20 bits per heavy atom. The maximum absolute atomic E-state index is 8.07. The van der Waals surface area contributed by atoms with E-state index in [1.807, 2.05) is 30.5 Å². The molecule has 5 nitrogen and oxygen atoms in total. The summed E-state index contributed by atoms with van der Waals surface area (Å²) in [5.41, 5.74) is 9.11. The van der Waals surface area contributed by atoms with E-state index >= 15 is 0 Å². The molecule has 5 heteroatoms. The zero-order valence-corrected chi connectivity index (χ0v) is 8.05. The smallest absolute Gasteiger partial charge is 0.121 e. The van der Waals surface area contributed by atoms with Crippen LogP contribution in [0, 0.1) is 0 Å². The fraction of sp³-hybridized carbons (Fsp3) is 0.200. The van der Waals surface area contributed by atoms with Crippen LogP contribution in [-0.2, 0) is 0 Å². The van der Waals surface area contributed by atoms with Gasteiger partial charge in [-0.3, -0.25) is 0 Å². The number of hydrogen-bond acceptors (Lipinski definition) is 2. The molecular weight excluding hydrogens is 192 g/mol. The molecule has 0 saturated heterocycles. The molecule has 0 radical (unpaired) electrons. The van der Waals surface area contributed by atoms with Gasteiger partial charge in [-0.2, -0.15) is 0 Å². The van der Waals surface area contributed by atoms with Crippen LogP contribution in [-0.4, -0.2) is 18.1 Å². The molecule has 1 aromatic heterocycles. The van der Waals surface area contributed by atoms with Crippen molar-refractivity contribution in [1.29, 1.82) is 0 Å². The molecule has 76 valence electrons. The van der Waals surface area contributed by atoms with Gasteiger partial charge in [0, 0.05) is 22.7 Å². The Bertz CT molecular complexity index is 499. The van der Waals surface area contributed by atoms with Crippen molar-refractivity contribution in [2.75, 3.05) is 13.2 Å². The van der Waals surface area contributed by atoms with Crippen LogP contribution in [0.2, 0.25) is 0 Å². The second-order valence-corrected chi connectivity index (χ2v) is 3.03. The zero-order valence-electron chi connectivity index (χ0n) is 8.05. The van der Waals surface area contributed by atoms with E-state index in [0.29, 0.717) is 13.2 Å². The summed E-state index contributed by atoms with van der Waals surface area (Å²) >= 11 is 0. The molecule has 1 heterocycles. The van der Waals surface area contributed by atoms with Crippen molar-refractivity contribution in [1.82, 2.24) is 4.98 Å². The summed E-state index contributed by atoms with van der Waals surface area (Å²) < 4.78 is 5.40. The molecular formula is C10H10N4O. The molecule has 0 saturated carbocycles. The number of ether oxygens (including phenoxy) is 1. The van der Waals surface area contributed by atoms with E-state index in [9.17, 15) is 0 Å². The SMILES string of the molecule is [N-]=[N+]=NCCOc1ccc2cc[nH]c2c1. The number of rotatable bonds is 4. The molecule has 0 aliphatic heterocycles. The highest BCUT2D eigenvalue weighted by Gasteiger charge is 1.97. The summed E-state index contributed by atoms with van der Waals surface area (Å²) in [6.45, 7) is 0.746. The fourth-order valence-electron chi connectivity index (χ4n) is 1.37. The lowest BCUT2D eigenvalue weighted by Gasteiger charge is -2.03. The Morgan fingerprint density at radius 1 is 1.40 bits per heavy atom. The van der Waals surface area contributed by atoms with Gasteiger partial charge < -0.3 is 9.72 Å². The largest absolute Gasteiger partial charge is 0.493 e. The lowest BCUT2D eigenvalue weighted by atomic mass is 10.2. The second-order valence-electron chi connectivity index (χ2n) is 3.03. The van der Waals surface area contributed by atoms with Crippen molar-refractivity contribution >= 4 is 10.9 Å². The Balaban J connectivity index is 2.04. The van der Waals surface area contributed by atoms with Crippen LogP contribution >= 0.6 is 0 Å². The highest BCUT2D eigenvalue weighted by molar-refractivity contribution is 5.80. The van der Waals surface area contributed by atoms with Gasteiger partial charge in [0.2, 0.25) is 0 Å². The third-order valence-electron chi connectivity index (χ3n) is 2.05. The quantitative estimate of drug-likeness (QED) is 0.352. The van der Waals surface area contributed by atoms with Crippen molar-refractivity contribution in [3.8, 4) is 5.75 Å². The van der Waals surface area contributed by atoms with Crippen molar-refractivity contribution in [3.05, 3.63) is 40.9 Å². The Morgan fingerprint density at radius 2 is 2.33 bits per heavy atom. The number of fused-ring (bicyclic) bond motifs is 1. The van der Waals surface area contributed by atoms with E-state index in [1.165, 1.54) is 0 Å². The predicted molar refractivity (Wildman–Crippen MR) is 57.8 cm³/mol. The van der Waals surface area contributed by atoms with E-state index in [4.69, 9.17) is 10.3 Å². The van der Waals surface area contributed by atoms with Gasteiger partial charge in [-0.15, -0.1) is 0 Å². The predicted octanol–water partition coefficient (Wildman–Crippen LogP) is 2.86. The summed E-state index contributed by atoms with van der Waals surface area (Å²) in [7, 11) is 0. The Labute approximate surface area is 86.3 Å². The third-order valence-corrected chi connectivity index (χ3v) is 2.05. The number of aromatic amines is 1. The highest BCUT2D eigenvalue weighted by Crippen LogP contribution is 2.19. The first kappa shape index (κ1) is 9.43. The van der Waals surface area contributed by atoms with Gasteiger partial charge >= 0.3 is 0 Å².